The van der Waals surface area contributed by atoms with Gasteiger partial charge in [-0.2, -0.15) is 0 Å². The normalized spacial score (nSPS) is 14.3. The standard InChI is InChI=1S/C27H26F3NO/c1-18-26(29)24(17-25(28)27(18)30)22-12-15-31(16-13-22)14-11-19-3-5-20(6-4-19)21-7-9-23(32-2)10-8-21/h3-10,12,17H,11,13-16H2,1-2H3. The average molecular weight is 438 g/mol. The summed E-state index contributed by atoms with van der Waals surface area (Å²) in [6.07, 6.45) is 3.44. The van der Waals surface area contributed by atoms with E-state index >= 15 is 0 Å². The Kier molecular flexibility index (Phi) is 6.66. The van der Waals surface area contributed by atoms with Crippen molar-refractivity contribution >= 4 is 5.57 Å². The van der Waals surface area contributed by atoms with Gasteiger partial charge >= 0.3 is 0 Å². The third-order valence-electron chi connectivity index (χ3n) is 6.11. The molecule has 0 amide bonds. The molecule has 0 radical (unpaired) electrons. The van der Waals surface area contributed by atoms with Crippen LogP contribution < -0.4 is 4.74 Å². The molecule has 166 valence electrons. The van der Waals surface area contributed by atoms with Crippen LogP contribution in [-0.2, 0) is 6.42 Å². The summed E-state index contributed by atoms with van der Waals surface area (Å²) in [5.41, 5.74) is 4.21. The van der Waals surface area contributed by atoms with Crippen LogP contribution in [-0.4, -0.2) is 31.6 Å². The smallest absolute Gasteiger partial charge is 0.164 e. The van der Waals surface area contributed by atoms with Gasteiger partial charge in [0.05, 0.1) is 7.11 Å². The molecule has 0 unspecified atom stereocenters. The summed E-state index contributed by atoms with van der Waals surface area (Å²) in [4.78, 5) is 2.28. The molecule has 3 aromatic rings. The van der Waals surface area contributed by atoms with Gasteiger partial charge in [-0.3, -0.25) is 4.90 Å². The van der Waals surface area contributed by atoms with Crippen LogP contribution >= 0.6 is 0 Å². The van der Waals surface area contributed by atoms with E-state index in [0.29, 0.717) is 13.0 Å². The first-order valence-corrected chi connectivity index (χ1v) is 10.8. The van der Waals surface area contributed by atoms with Crippen LogP contribution in [0.5, 0.6) is 5.75 Å². The highest BCUT2D eigenvalue weighted by molar-refractivity contribution is 5.68. The minimum absolute atomic E-state index is 0.176. The Morgan fingerprint density at radius 3 is 2.16 bits per heavy atom. The Labute approximate surface area is 187 Å². The van der Waals surface area contributed by atoms with Crippen molar-refractivity contribution in [2.24, 2.45) is 0 Å². The minimum Gasteiger partial charge on any atom is -0.497 e. The highest BCUT2D eigenvalue weighted by atomic mass is 19.2. The van der Waals surface area contributed by atoms with Crippen molar-refractivity contribution in [3.05, 3.63) is 94.8 Å². The SMILES string of the molecule is COc1ccc(-c2ccc(CCN3CC=C(c4cc(F)c(F)c(C)c4F)CC3)cc2)cc1. The van der Waals surface area contributed by atoms with Crippen molar-refractivity contribution in [3.8, 4) is 16.9 Å². The molecule has 1 heterocycles. The molecule has 4 rings (SSSR count). The molecule has 0 spiro atoms. The van der Waals surface area contributed by atoms with Gasteiger partial charge in [0.15, 0.2) is 11.6 Å². The van der Waals surface area contributed by atoms with E-state index in [1.807, 2.05) is 30.3 Å². The van der Waals surface area contributed by atoms with Gasteiger partial charge in [0.2, 0.25) is 0 Å². The van der Waals surface area contributed by atoms with Crippen LogP contribution in [0.25, 0.3) is 16.7 Å². The Morgan fingerprint density at radius 2 is 1.56 bits per heavy atom. The van der Waals surface area contributed by atoms with Gasteiger partial charge in [0.25, 0.3) is 0 Å². The van der Waals surface area contributed by atoms with Gasteiger partial charge in [-0.1, -0.05) is 42.5 Å². The molecule has 3 aromatic carbocycles. The Balaban J connectivity index is 1.35. The molecule has 0 bridgehead atoms. The van der Waals surface area contributed by atoms with Crippen molar-refractivity contribution in [1.82, 2.24) is 4.90 Å². The summed E-state index contributed by atoms with van der Waals surface area (Å²) >= 11 is 0. The molecular weight excluding hydrogens is 411 g/mol. The number of methoxy groups -OCH3 is 1. The lowest BCUT2D eigenvalue weighted by Crippen LogP contribution is -2.30. The first-order chi connectivity index (χ1) is 15.5. The molecular formula is C27H26F3NO. The lowest BCUT2D eigenvalue weighted by molar-refractivity contribution is 0.305. The predicted molar refractivity (Wildman–Crippen MR) is 122 cm³/mol. The van der Waals surface area contributed by atoms with Gasteiger partial charge in [-0.25, -0.2) is 13.2 Å². The Bertz CT molecular complexity index is 1120. The molecule has 0 atom stereocenters. The fourth-order valence-corrected chi connectivity index (χ4v) is 4.06. The molecule has 0 N–H and O–H groups in total. The molecule has 0 aliphatic carbocycles. The molecule has 32 heavy (non-hydrogen) atoms. The Morgan fingerprint density at radius 1 is 0.906 bits per heavy atom. The summed E-state index contributed by atoms with van der Waals surface area (Å²) in [5.74, 6) is -1.94. The van der Waals surface area contributed by atoms with Crippen LogP contribution in [0.1, 0.15) is 23.1 Å². The zero-order valence-electron chi connectivity index (χ0n) is 18.3. The highest BCUT2D eigenvalue weighted by Crippen LogP contribution is 2.29. The van der Waals surface area contributed by atoms with E-state index in [0.717, 1.165) is 48.0 Å². The fraction of sp³-hybridized carbons (Fsp3) is 0.259. The molecule has 0 aromatic heterocycles. The van der Waals surface area contributed by atoms with Crippen molar-refractivity contribution in [2.45, 2.75) is 19.8 Å². The van der Waals surface area contributed by atoms with E-state index < -0.39 is 17.5 Å². The Hall–Kier alpha value is -3.05. The van der Waals surface area contributed by atoms with Gasteiger partial charge in [0.1, 0.15) is 11.6 Å². The van der Waals surface area contributed by atoms with Crippen molar-refractivity contribution in [2.75, 3.05) is 26.7 Å². The largest absolute Gasteiger partial charge is 0.497 e. The number of benzene rings is 3. The molecule has 2 nitrogen and oxygen atoms in total. The highest BCUT2D eigenvalue weighted by Gasteiger charge is 2.20. The number of nitrogens with zero attached hydrogens (tertiary/aromatic N) is 1. The maximum absolute atomic E-state index is 14.4. The van der Waals surface area contributed by atoms with Gasteiger partial charge < -0.3 is 4.74 Å². The second kappa shape index (κ2) is 9.61. The lowest BCUT2D eigenvalue weighted by atomic mass is 9.96. The number of ether oxygens (including phenoxy) is 1. The third-order valence-corrected chi connectivity index (χ3v) is 6.11. The lowest BCUT2D eigenvalue weighted by Gasteiger charge is -2.27. The molecule has 0 saturated carbocycles. The minimum atomic E-state index is -1.11. The second-order valence-electron chi connectivity index (χ2n) is 8.11. The topological polar surface area (TPSA) is 12.5 Å². The number of hydrogen-bond donors (Lipinski definition) is 0. The summed E-state index contributed by atoms with van der Waals surface area (Å²) < 4.78 is 46.9. The van der Waals surface area contributed by atoms with Gasteiger partial charge in [-0.05, 0) is 60.2 Å². The second-order valence-corrected chi connectivity index (χ2v) is 8.11. The van der Waals surface area contributed by atoms with E-state index in [2.05, 4.69) is 29.2 Å². The van der Waals surface area contributed by atoms with Crippen molar-refractivity contribution in [3.63, 3.8) is 0 Å². The van der Waals surface area contributed by atoms with Gasteiger partial charge in [0, 0.05) is 30.8 Å². The van der Waals surface area contributed by atoms with Crippen LogP contribution in [0.15, 0.2) is 60.7 Å². The van der Waals surface area contributed by atoms with Crippen LogP contribution in [0.3, 0.4) is 0 Å². The van der Waals surface area contributed by atoms with E-state index in [1.165, 1.54) is 12.5 Å². The predicted octanol–water partition coefficient (Wildman–Crippen LogP) is 6.42. The fourth-order valence-electron chi connectivity index (χ4n) is 4.06. The molecule has 5 heteroatoms. The molecule has 1 aliphatic heterocycles. The number of hydrogen-bond acceptors (Lipinski definition) is 2. The number of rotatable bonds is 6. The van der Waals surface area contributed by atoms with Crippen molar-refractivity contribution in [1.29, 1.82) is 0 Å². The molecule has 0 saturated heterocycles. The van der Waals surface area contributed by atoms with E-state index in [1.54, 1.807) is 7.11 Å². The number of halogens is 3. The maximum atomic E-state index is 14.4. The summed E-state index contributed by atoms with van der Waals surface area (Å²) in [6, 6.07) is 17.5. The van der Waals surface area contributed by atoms with E-state index in [-0.39, 0.29) is 11.1 Å². The van der Waals surface area contributed by atoms with Gasteiger partial charge in [-0.15, -0.1) is 0 Å². The first kappa shape index (κ1) is 22.2. The third kappa shape index (κ3) is 4.73. The summed E-state index contributed by atoms with van der Waals surface area (Å²) in [5, 5.41) is 0. The van der Waals surface area contributed by atoms with E-state index in [4.69, 9.17) is 4.74 Å². The summed E-state index contributed by atoms with van der Waals surface area (Å²) in [6.45, 7) is 3.57. The molecule has 0 fully saturated rings. The first-order valence-electron chi connectivity index (χ1n) is 10.8. The zero-order valence-corrected chi connectivity index (χ0v) is 18.3. The zero-order chi connectivity index (χ0) is 22.7. The maximum Gasteiger partial charge on any atom is 0.164 e. The van der Waals surface area contributed by atoms with Crippen LogP contribution in [0, 0.1) is 24.4 Å². The van der Waals surface area contributed by atoms with E-state index in [9.17, 15) is 13.2 Å². The van der Waals surface area contributed by atoms with Crippen molar-refractivity contribution < 1.29 is 17.9 Å². The van der Waals surface area contributed by atoms with Crippen LogP contribution in [0.4, 0.5) is 13.2 Å². The monoisotopic (exact) mass is 437 g/mol. The van der Waals surface area contributed by atoms with Crippen LogP contribution in [0.2, 0.25) is 0 Å². The molecule has 1 aliphatic rings. The average Bonchev–Trinajstić information content (AvgIpc) is 2.84. The quantitative estimate of drug-likeness (QED) is 0.413. The summed E-state index contributed by atoms with van der Waals surface area (Å²) in [7, 11) is 1.66.